The van der Waals surface area contributed by atoms with E-state index in [1.165, 1.54) is 0 Å². The lowest BCUT2D eigenvalue weighted by Crippen LogP contribution is -1.72. The number of nitrogens with zero attached hydrogens (tertiary/aromatic N) is 1. The zero-order valence-electron chi connectivity index (χ0n) is 8.00. The summed E-state index contributed by atoms with van der Waals surface area (Å²) in [5.74, 6) is 0.850. The third-order valence-corrected chi connectivity index (χ3v) is 3.88. The number of hydrogen-bond acceptors (Lipinski definition) is 2. The van der Waals surface area contributed by atoms with Gasteiger partial charge in [0.25, 0.3) is 0 Å². The third kappa shape index (κ3) is 1.61. The van der Waals surface area contributed by atoms with E-state index in [1.807, 2.05) is 17.5 Å². The van der Waals surface area contributed by atoms with Gasteiger partial charge >= 0.3 is 0 Å². The molecule has 0 fully saturated rings. The van der Waals surface area contributed by atoms with Gasteiger partial charge in [-0.1, -0.05) is 29.3 Å². The van der Waals surface area contributed by atoms with Gasteiger partial charge in [0.2, 0.25) is 0 Å². The van der Waals surface area contributed by atoms with Crippen LogP contribution in [0.25, 0.3) is 21.7 Å². The van der Waals surface area contributed by atoms with Crippen molar-refractivity contribution in [3.63, 3.8) is 0 Å². The highest BCUT2D eigenvalue weighted by atomic mass is 35.5. The van der Waals surface area contributed by atoms with Crippen molar-refractivity contribution in [1.29, 1.82) is 0 Å². The first kappa shape index (κ1) is 10.1. The van der Waals surface area contributed by atoms with E-state index in [4.69, 9.17) is 23.2 Å². The maximum atomic E-state index is 5.94. The van der Waals surface area contributed by atoms with E-state index in [9.17, 15) is 0 Å². The predicted octanol–water partition coefficient (Wildman–Crippen LogP) is 4.60. The van der Waals surface area contributed by atoms with Crippen molar-refractivity contribution in [3.8, 4) is 10.7 Å². The summed E-state index contributed by atoms with van der Waals surface area (Å²) in [6, 6.07) is 7.58. The molecule has 0 aliphatic rings. The highest BCUT2D eigenvalue weighted by Gasteiger charge is 2.08. The number of nitrogens with one attached hydrogen (secondary N) is 1. The summed E-state index contributed by atoms with van der Waals surface area (Å²) in [6.07, 6.45) is 0. The normalized spacial score (nSPS) is 11.1. The number of halogens is 2. The van der Waals surface area contributed by atoms with Crippen LogP contribution in [-0.2, 0) is 0 Å². The lowest BCUT2D eigenvalue weighted by atomic mass is 10.3. The minimum Gasteiger partial charge on any atom is -0.337 e. The van der Waals surface area contributed by atoms with Crippen LogP contribution in [0.15, 0.2) is 29.6 Å². The minimum atomic E-state index is 0.526. The number of hydrogen-bond donors (Lipinski definition) is 1. The molecule has 0 saturated carbocycles. The molecule has 0 radical (unpaired) electrons. The summed E-state index contributed by atoms with van der Waals surface area (Å²) in [4.78, 5) is 8.79. The first-order chi connectivity index (χ1) is 7.74. The number of aromatic nitrogens is 2. The van der Waals surface area contributed by atoms with Crippen LogP contribution in [0.5, 0.6) is 0 Å². The Morgan fingerprint density at radius 2 is 2.00 bits per heavy atom. The van der Waals surface area contributed by atoms with E-state index < -0.39 is 0 Å². The Hall–Kier alpha value is -1.03. The van der Waals surface area contributed by atoms with Gasteiger partial charge in [-0.2, -0.15) is 0 Å². The Labute approximate surface area is 106 Å². The maximum absolute atomic E-state index is 5.94. The molecule has 0 bridgehead atoms. The third-order valence-electron chi connectivity index (χ3n) is 2.28. The minimum absolute atomic E-state index is 0.526. The van der Waals surface area contributed by atoms with Crippen LogP contribution in [0, 0.1) is 0 Å². The molecule has 2 heterocycles. The topological polar surface area (TPSA) is 28.7 Å². The highest BCUT2D eigenvalue weighted by molar-refractivity contribution is 7.13. The highest BCUT2D eigenvalue weighted by Crippen LogP contribution is 2.29. The second-order valence-corrected chi connectivity index (χ2v) is 5.11. The molecule has 0 saturated heterocycles. The lowest BCUT2D eigenvalue weighted by molar-refractivity contribution is 1.36. The van der Waals surface area contributed by atoms with Gasteiger partial charge in [-0.05, 0) is 23.6 Å². The van der Waals surface area contributed by atoms with Crippen LogP contribution >= 0.6 is 34.5 Å². The van der Waals surface area contributed by atoms with Gasteiger partial charge in [0.05, 0.1) is 26.0 Å². The zero-order valence-corrected chi connectivity index (χ0v) is 10.3. The first-order valence-corrected chi connectivity index (χ1v) is 6.26. The van der Waals surface area contributed by atoms with Crippen molar-refractivity contribution in [2.75, 3.05) is 0 Å². The Balaban J connectivity index is 2.23. The van der Waals surface area contributed by atoms with Crippen molar-refractivity contribution < 1.29 is 0 Å². The van der Waals surface area contributed by atoms with Crippen molar-refractivity contribution in [1.82, 2.24) is 9.97 Å². The number of aromatic amines is 1. The molecule has 0 aliphatic carbocycles. The summed E-state index contributed by atoms with van der Waals surface area (Å²) >= 11 is 13.5. The van der Waals surface area contributed by atoms with Gasteiger partial charge in [-0.25, -0.2) is 4.98 Å². The van der Waals surface area contributed by atoms with Gasteiger partial charge in [-0.3, -0.25) is 0 Å². The van der Waals surface area contributed by atoms with Crippen LogP contribution < -0.4 is 0 Å². The summed E-state index contributed by atoms with van der Waals surface area (Å²) in [5, 5.41) is 3.08. The number of H-pyrrole nitrogens is 1. The van der Waals surface area contributed by atoms with Gasteiger partial charge in [0, 0.05) is 0 Å². The van der Waals surface area contributed by atoms with Gasteiger partial charge in [0.15, 0.2) is 0 Å². The lowest BCUT2D eigenvalue weighted by Gasteiger charge is -1.93. The summed E-state index contributed by atoms with van der Waals surface area (Å²) < 4.78 is 0. The first-order valence-electron chi connectivity index (χ1n) is 4.63. The summed E-state index contributed by atoms with van der Waals surface area (Å²) in [5.41, 5.74) is 1.73. The van der Waals surface area contributed by atoms with Crippen molar-refractivity contribution in [2.24, 2.45) is 0 Å². The maximum Gasteiger partial charge on any atom is 0.148 e. The molecule has 1 N–H and O–H groups in total. The molecule has 3 aromatic rings. The molecular weight excluding hydrogens is 263 g/mol. The molecule has 1 aromatic carbocycles. The van der Waals surface area contributed by atoms with Crippen LogP contribution in [0.1, 0.15) is 0 Å². The number of thiophene rings is 1. The monoisotopic (exact) mass is 268 g/mol. The molecule has 5 heteroatoms. The molecule has 0 spiro atoms. The molecule has 2 nitrogen and oxygen atoms in total. The second kappa shape index (κ2) is 3.77. The predicted molar refractivity (Wildman–Crippen MR) is 69.4 cm³/mol. The van der Waals surface area contributed by atoms with Gasteiger partial charge in [-0.15, -0.1) is 11.3 Å². The van der Waals surface area contributed by atoms with E-state index in [2.05, 4.69) is 9.97 Å². The van der Waals surface area contributed by atoms with Crippen LogP contribution in [0.4, 0.5) is 0 Å². The zero-order chi connectivity index (χ0) is 11.1. The van der Waals surface area contributed by atoms with E-state index in [1.54, 1.807) is 23.5 Å². The molecule has 0 amide bonds. The van der Waals surface area contributed by atoms with Crippen LogP contribution in [-0.4, -0.2) is 9.97 Å². The van der Waals surface area contributed by atoms with Crippen LogP contribution in [0.2, 0.25) is 10.0 Å². The fraction of sp³-hybridized carbons (Fsp3) is 0. The SMILES string of the molecule is Clc1cc2nc(-c3cccs3)[nH]c2cc1Cl. The van der Waals surface area contributed by atoms with Crippen molar-refractivity contribution in [2.45, 2.75) is 0 Å². The van der Waals surface area contributed by atoms with E-state index in [-0.39, 0.29) is 0 Å². The molecule has 2 aromatic heterocycles. The second-order valence-electron chi connectivity index (χ2n) is 3.35. The average Bonchev–Trinajstić information content (AvgIpc) is 2.86. The smallest absolute Gasteiger partial charge is 0.148 e. The Kier molecular flexibility index (Phi) is 2.39. The summed E-state index contributed by atoms with van der Waals surface area (Å²) in [7, 11) is 0. The molecular formula is C11H6Cl2N2S. The fourth-order valence-corrected chi connectivity index (χ4v) is 2.53. The van der Waals surface area contributed by atoms with Crippen LogP contribution in [0.3, 0.4) is 0 Å². The van der Waals surface area contributed by atoms with E-state index >= 15 is 0 Å². The number of benzene rings is 1. The number of imidazole rings is 1. The van der Waals surface area contributed by atoms with E-state index in [0.717, 1.165) is 21.7 Å². The average molecular weight is 269 g/mol. The fourth-order valence-electron chi connectivity index (χ4n) is 1.53. The molecule has 0 aliphatic heterocycles. The number of fused-ring (bicyclic) bond motifs is 1. The Bertz CT molecular complexity index is 604. The van der Waals surface area contributed by atoms with Crippen molar-refractivity contribution >= 4 is 45.6 Å². The molecule has 0 atom stereocenters. The molecule has 80 valence electrons. The van der Waals surface area contributed by atoms with E-state index in [0.29, 0.717) is 10.0 Å². The number of rotatable bonds is 1. The summed E-state index contributed by atoms with van der Waals surface area (Å²) in [6.45, 7) is 0. The quantitative estimate of drug-likeness (QED) is 0.687. The molecule has 0 unspecified atom stereocenters. The van der Waals surface area contributed by atoms with Gasteiger partial charge in [0.1, 0.15) is 5.82 Å². The molecule has 16 heavy (non-hydrogen) atoms. The standard InChI is InChI=1S/C11H6Cl2N2S/c12-6-4-8-9(5-7(6)13)15-11(14-8)10-2-1-3-16-10/h1-5H,(H,14,15). The van der Waals surface area contributed by atoms with Gasteiger partial charge < -0.3 is 4.98 Å². The van der Waals surface area contributed by atoms with Crippen molar-refractivity contribution in [3.05, 3.63) is 39.7 Å². The largest absolute Gasteiger partial charge is 0.337 e. The Morgan fingerprint density at radius 1 is 1.19 bits per heavy atom. The molecule has 3 rings (SSSR count). The Morgan fingerprint density at radius 3 is 2.75 bits per heavy atom.